The van der Waals surface area contributed by atoms with Crippen LogP contribution >= 0.6 is 0 Å². The third-order valence-corrected chi connectivity index (χ3v) is 4.76. The maximum Gasteiger partial charge on any atom is 0.240 e. The molecule has 23 heavy (non-hydrogen) atoms. The quantitative estimate of drug-likeness (QED) is 0.380. The number of hydrogen-bond donors (Lipinski definition) is 3. The molecule has 6 nitrogen and oxygen atoms in total. The Morgan fingerprint density at radius 2 is 1.70 bits per heavy atom. The zero-order valence-corrected chi connectivity index (χ0v) is 15.2. The average molecular weight is 340 g/mol. The molecule has 0 fully saturated rings. The van der Waals surface area contributed by atoms with Crippen molar-refractivity contribution in [3.8, 4) is 0 Å². The zero-order chi connectivity index (χ0) is 17.3. The zero-order valence-electron chi connectivity index (χ0n) is 14.4. The van der Waals surface area contributed by atoms with Crippen molar-refractivity contribution in [1.29, 1.82) is 0 Å². The number of sulfonamides is 1. The lowest BCUT2D eigenvalue weighted by Gasteiger charge is -2.13. The van der Waals surface area contributed by atoms with Gasteiger partial charge in [0.15, 0.2) is 5.96 Å². The summed E-state index contributed by atoms with van der Waals surface area (Å²) in [5.74, 6) is 1.31. The molecule has 0 atom stereocenters. The van der Waals surface area contributed by atoms with E-state index in [0.717, 1.165) is 18.5 Å². The lowest BCUT2D eigenvalue weighted by molar-refractivity contribution is 0.571. The van der Waals surface area contributed by atoms with Crippen molar-refractivity contribution in [3.63, 3.8) is 0 Å². The molecule has 0 saturated carbocycles. The number of benzene rings is 1. The number of aliphatic imine (C=N–C) groups is 1. The molecule has 130 valence electrons. The van der Waals surface area contributed by atoms with Crippen molar-refractivity contribution in [3.05, 3.63) is 29.8 Å². The van der Waals surface area contributed by atoms with Crippen LogP contribution in [0.5, 0.6) is 0 Å². The van der Waals surface area contributed by atoms with Gasteiger partial charge in [0.25, 0.3) is 0 Å². The van der Waals surface area contributed by atoms with Gasteiger partial charge in [0.2, 0.25) is 10.0 Å². The molecule has 1 rings (SSSR count). The molecular weight excluding hydrogens is 312 g/mol. The summed E-state index contributed by atoms with van der Waals surface area (Å²) in [6, 6.07) is 6.79. The minimum atomic E-state index is -3.46. The van der Waals surface area contributed by atoms with Gasteiger partial charge >= 0.3 is 0 Å². The second-order valence-electron chi connectivity index (χ2n) is 5.82. The molecule has 0 saturated heterocycles. The van der Waals surface area contributed by atoms with E-state index in [-0.39, 0.29) is 4.90 Å². The van der Waals surface area contributed by atoms with Crippen LogP contribution in [0.25, 0.3) is 0 Å². The van der Waals surface area contributed by atoms with Crippen LogP contribution in [-0.2, 0) is 10.0 Å². The van der Waals surface area contributed by atoms with Crippen molar-refractivity contribution < 1.29 is 8.42 Å². The Labute approximate surface area is 139 Å². The van der Waals surface area contributed by atoms with E-state index in [1.807, 2.05) is 6.92 Å². The first kappa shape index (κ1) is 19.4. The third-order valence-electron chi connectivity index (χ3n) is 3.28. The molecule has 1 aromatic carbocycles. The molecule has 3 N–H and O–H groups in total. The fourth-order valence-electron chi connectivity index (χ4n) is 1.87. The molecule has 0 amide bonds. The summed E-state index contributed by atoms with van der Waals surface area (Å²) in [6.07, 6.45) is 1.06. The highest BCUT2D eigenvalue weighted by atomic mass is 32.2. The number of nitrogens with one attached hydrogen (secondary N) is 3. The van der Waals surface area contributed by atoms with Crippen molar-refractivity contribution in [1.82, 2.24) is 15.4 Å². The van der Waals surface area contributed by atoms with Crippen LogP contribution in [0.1, 0.15) is 25.8 Å². The minimum absolute atomic E-state index is 0.280. The van der Waals surface area contributed by atoms with Crippen LogP contribution in [0, 0.1) is 12.8 Å². The summed E-state index contributed by atoms with van der Waals surface area (Å²) < 4.78 is 26.8. The van der Waals surface area contributed by atoms with E-state index in [2.05, 4.69) is 34.2 Å². The topological polar surface area (TPSA) is 82.6 Å². The van der Waals surface area contributed by atoms with Gasteiger partial charge in [0, 0.05) is 26.7 Å². The van der Waals surface area contributed by atoms with Gasteiger partial charge < -0.3 is 10.6 Å². The molecule has 0 bridgehead atoms. The minimum Gasteiger partial charge on any atom is -0.356 e. The largest absolute Gasteiger partial charge is 0.356 e. The molecule has 0 unspecified atom stereocenters. The van der Waals surface area contributed by atoms with E-state index in [0.29, 0.717) is 25.0 Å². The van der Waals surface area contributed by atoms with Crippen LogP contribution < -0.4 is 15.4 Å². The standard InChI is InChI=1S/C16H28N4O2S/c1-13(2)9-10-18-16(17-4)19-11-12-20-23(21,22)15-7-5-14(3)6-8-15/h5-8,13,20H,9-12H2,1-4H3,(H2,17,18,19). The van der Waals surface area contributed by atoms with Gasteiger partial charge in [0.1, 0.15) is 0 Å². The van der Waals surface area contributed by atoms with E-state index >= 15 is 0 Å². The van der Waals surface area contributed by atoms with Gasteiger partial charge in [0.05, 0.1) is 4.90 Å². The van der Waals surface area contributed by atoms with Crippen molar-refractivity contribution in [2.45, 2.75) is 32.1 Å². The predicted molar refractivity (Wildman–Crippen MR) is 95.2 cm³/mol. The predicted octanol–water partition coefficient (Wildman–Crippen LogP) is 1.48. The average Bonchev–Trinajstić information content (AvgIpc) is 2.49. The maximum atomic E-state index is 12.1. The van der Waals surface area contributed by atoms with Crippen molar-refractivity contribution in [2.75, 3.05) is 26.7 Å². The first-order valence-corrected chi connectivity index (χ1v) is 9.34. The van der Waals surface area contributed by atoms with Crippen molar-refractivity contribution >= 4 is 16.0 Å². The van der Waals surface area contributed by atoms with E-state index in [4.69, 9.17) is 0 Å². The Balaban J connectivity index is 2.36. The number of guanidine groups is 1. The van der Waals surface area contributed by atoms with Gasteiger partial charge in [-0.25, -0.2) is 13.1 Å². The summed E-state index contributed by atoms with van der Waals surface area (Å²) in [6.45, 7) is 7.85. The van der Waals surface area contributed by atoms with Crippen LogP contribution in [0.4, 0.5) is 0 Å². The fraction of sp³-hybridized carbons (Fsp3) is 0.562. The third kappa shape index (κ3) is 7.47. The molecule has 1 aromatic rings. The Morgan fingerprint density at radius 1 is 1.09 bits per heavy atom. The number of rotatable bonds is 8. The van der Waals surface area contributed by atoms with Gasteiger partial charge in [-0.2, -0.15) is 0 Å². The molecular formula is C16H28N4O2S. The molecule has 0 aliphatic carbocycles. The number of aryl methyl sites for hydroxylation is 1. The smallest absolute Gasteiger partial charge is 0.240 e. The van der Waals surface area contributed by atoms with Crippen LogP contribution in [-0.4, -0.2) is 41.1 Å². The summed E-state index contributed by atoms with van der Waals surface area (Å²) in [5, 5.41) is 6.29. The molecule has 0 heterocycles. The van der Waals surface area contributed by atoms with E-state index in [1.54, 1.807) is 31.3 Å². The van der Waals surface area contributed by atoms with Gasteiger partial charge in [-0.1, -0.05) is 31.5 Å². The SMILES string of the molecule is CN=C(NCCNS(=O)(=O)c1ccc(C)cc1)NCCC(C)C. The molecule has 0 aliphatic rings. The van der Waals surface area contributed by atoms with Crippen molar-refractivity contribution in [2.24, 2.45) is 10.9 Å². The Morgan fingerprint density at radius 3 is 2.26 bits per heavy atom. The summed E-state index contributed by atoms with van der Waals surface area (Å²) in [4.78, 5) is 4.38. The van der Waals surface area contributed by atoms with Gasteiger partial charge in [-0.3, -0.25) is 4.99 Å². The molecule has 7 heteroatoms. The van der Waals surface area contributed by atoms with Crippen LogP contribution in [0.2, 0.25) is 0 Å². The first-order chi connectivity index (χ1) is 10.8. The first-order valence-electron chi connectivity index (χ1n) is 7.86. The highest BCUT2D eigenvalue weighted by Gasteiger charge is 2.12. The number of hydrogen-bond acceptors (Lipinski definition) is 3. The molecule has 0 aliphatic heterocycles. The van der Waals surface area contributed by atoms with Crippen LogP contribution in [0.15, 0.2) is 34.2 Å². The van der Waals surface area contributed by atoms with Gasteiger partial charge in [-0.15, -0.1) is 0 Å². The Hall–Kier alpha value is -1.60. The molecule has 0 radical (unpaired) electrons. The summed E-state index contributed by atoms with van der Waals surface area (Å²) in [7, 11) is -1.76. The lowest BCUT2D eigenvalue weighted by atomic mass is 10.1. The lowest BCUT2D eigenvalue weighted by Crippen LogP contribution is -2.42. The monoisotopic (exact) mass is 340 g/mol. The summed E-state index contributed by atoms with van der Waals surface area (Å²) in [5.41, 5.74) is 1.03. The summed E-state index contributed by atoms with van der Waals surface area (Å²) >= 11 is 0. The Bertz CT molecular complexity index is 595. The maximum absolute atomic E-state index is 12.1. The highest BCUT2D eigenvalue weighted by Crippen LogP contribution is 2.09. The van der Waals surface area contributed by atoms with E-state index in [9.17, 15) is 8.42 Å². The Kier molecular flexibility index (Phi) is 8.05. The second kappa shape index (κ2) is 9.52. The van der Waals surface area contributed by atoms with E-state index < -0.39 is 10.0 Å². The molecule has 0 aromatic heterocycles. The van der Waals surface area contributed by atoms with E-state index in [1.165, 1.54) is 0 Å². The van der Waals surface area contributed by atoms with Crippen LogP contribution in [0.3, 0.4) is 0 Å². The van der Waals surface area contributed by atoms with Gasteiger partial charge in [-0.05, 0) is 31.4 Å². The fourth-order valence-corrected chi connectivity index (χ4v) is 2.90. The normalized spacial score (nSPS) is 12.5. The number of nitrogens with zero attached hydrogens (tertiary/aromatic N) is 1. The highest BCUT2D eigenvalue weighted by molar-refractivity contribution is 7.89. The second-order valence-corrected chi connectivity index (χ2v) is 7.59. The molecule has 0 spiro atoms.